The summed E-state index contributed by atoms with van der Waals surface area (Å²) >= 11 is 0. The molecule has 2 aromatic carbocycles. The summed E-state index contributed by atoms with van der Waals surface area (Å²) in [5.41, 5.74) is 5.37. The van der Waals surface area contributed by atoms with Gasteiger partial charge in [0.1, 0.15) is 17.5 Å². The standard InChI is InChI=1S/C20H21F3N4O2/c1-19(2,3)29-18(28)25-17-14-10-9-12(16(24)20(21,22)23)11-15(14)26-27(17)13-7-5-4-6-8-13/h4-11,16H,24H2,1-3H3,(H,25,28). The molecule has 1 atom stereocenters. The Kier molecular flexibility index (Phi) is 5.27. The van der Waals surface area contributed by atoms with Gasteiger partial charge < -0.3 is 10.5 Å². The molecule has 0 bridgehead atoms. The number of nitrogens with one attached hydrogen (secondary N) is 1. The first-order chi connectivity index (χ1) is 13.5. The molecule has 1 amide bonds. The SMILES string of the molecule is CC(C)(C)OC(=O)Nc1c2ccc(C(N)C(F)(F)F)cc2nn1-c1ccccc1. The number of aromatic nitrogens is 2. The molecule has 1 heterocycles. The molecular formula is C20H21F3N4O2. The van der Waals surface area contributed by atoms with E-state index >= 15 is 0 Å². The van der Waals surface area contributed by atoms with Gasteiger partial charge >= 0.3 is 12.3 Å². The Balaban J connectivity index is 2.10. The predicted octanol–water partition coefficient (Wildman–Crippen LogP) is 4.93. The van der Waals surface area contributed by atoms with Crippen LogP contribution in [-0.2, 0) is 4.74 Å². The molecule has 0 aliphatic rings. The summed E-state index contributed by atoms with van der Waals surface area (Å²) in [5, 5.41) is 7.49. The lowest BCUT2D eigenvalue weighted by molar-refractivity contribution is -0.149. The van der Waals surface area contributed by atoms with E-state index in [0.29, 0.717) is 11.1 Å². The lowest BCUT2D eigenvalue weighted by atomic mass is 10.1. The summed E-state index contributed by atoms with van der Waals surface area (Å²) in [6.07, 6.45) is -5.28. The first-order valence-electron chi connectivity index (χ1n) is 8.86. The molecule has 0 radical (unpaired) electrons. The highest BCUT2D eigenvalue weighted by atomic mass is 19.4. The summed E-state index contributed by atoms with van der Waals surface area (Å²) in [6, 6.07) is 10.8. The summed E-state index contributed by atoms with van der Waals surface area (Å²) < 4.78 is 45.7. The molecule has 0 fully saturated rings. The lowest BCUT2D eigenvalue weighted by Crippen LogP contribution is -2.28. The van der Waals surface area contributed by atoms with Gasteiger partial charge in [-0.2, -0.15) is 18.3 Å². The van der Waals surface area contributed by atoms with Crippen LogP contribution in [0.1, 0.15) is 32.4 Å². The normalized spacial score (nSPS) is 13.3. The molecule has 154 valence electrons. The molecule has 3 rings (SSSR count). The number of para-hydroxylation sites is 1. The number of alkyl halides is 3. The summed E-state index contributed by atoms with van der Waals surface area (Å²) in [4.78, 5) is 12.3. The van der Waals surface area contributed by atoms with Crippen molar-refractivity contribution in [1.29, 1.82) is 0 Å². The molecular weight excluding hydrogens is 385 g/mol. The second-order valence-corrected chi connectivity index (χ2v) is 7.52. The van der Waals surface area contributed by atoms with Crippen molar-refractivity contribution < 1.29 is 22.7 Å². The molecule has 0 aliphatic heterocycles. The quantitative estimate of drug-likeness (QED) is 0.646. The Morgan fingerprint density at radius 1 is 1.14 bits per heavy atom. The van der Waals surface area contributed by atoms with Crippen LogP contribution in [0.4, 0.5) is 23.8 Å². The average molecular weight is 406 g/mol. The van der Waals surface area contributed by atoms with Crippen molar-refractivity contribution >= 4 is 22.8 Å². The smallest absolute Gasteiger partial charge is 0.413 e. The zero-order valence-corrected chi connectivity index (χ0v) is 16.1. The Bertz CT molecular complexity index is 1020. The highest BCUT2D eigenvalue weighted by Gasteiger charge is 2.38. The summed E-state index contributed by atoms with van der Waals surface area (Å²) in [6.45, 7) is 5.18. The van der Waals surface area contributed by atoms with Gasteiger partial charge in [-0.15, -0.1) is 0 Å². The highest BCUT2D eigenvalue weighted by Crippen LogP contribution is 2.34. The van der Waals surface area contributed by atoms with Crippen molar-refractivity contribution in [2.75, 3.05) is 5.32 Å². The van der Waals surface area contributed by atoms with Gasteiger partial charge in [-0.3, -0.25) is 5.32 Å². The number of carbonyl (C=O) groups is 1. The molecule has 3 N–H and O–H groups in total. The number of nitrogens with zero attached hydrogens (tertiary/aromatic N) is 2. The van der Waals surface area contributed by atoms with Gasteiger partial charge in [0, 0.05) is 5.39 Å². The molecule has 6 nitrogen and oxygen atoms in total. The minimum Gasteiger partial charge on any atom is -0.444 e. The van der Waals surface area contributed by atoms with E-state index in [9.17, 15) is 18.0 Å². The minimum absolute atomic E-state index is 0.119. The maximum atomic E-state index is 13.0. The van der Waals surface area contributed by atoms with E-state index in [0.717, 1.165) is 0 Å². The number of hydrogen-bond donors (Lipinski definition) is 2. The van der Waals surface area contributed by atoms with Gasteiger partial charge in [-0.1, -0.05) is 24.3 Å². The number of nitrogens with two attached hydrogens (primary N) is 1. The number of rotatable bonds is 3. The fourth-order valence-corrected chi connectivity index (χ4v) is 2.76. The molecule has 0 saturated carbocycles. The Morgan fingerprint density at radius 2 is 1.79 bits per heavy atom. The molecule has 29 heavy (non-hydrogen) atoms. The van der Waals surface area contributed by atoms with Gasteiger partial charge in [-0.25, -0.2) is 9.48 Å². The van der Waals surface area contributed by atoms with E-state index in [4.69, 9.17) is 10.5 Å². The van der Waals surface area contributed by atoms with Gasteiger partial charge in [-0.05, 0) is 50.6 Å². The van der Waals surface area contributed by atoms with Gasteiger partial charge in [0.2, 0.25) is 0 Å². The number of ether oxygens (including phenoxy) is 1. The topological polar surface area (TPSA) is 82.2 Å². The summed E-state index contributed by atoms with van der Waals surface area (Å²) in [5.74, 6) is 0.285. The fraction of sp³-hybridized carbons (Fsp3) is 0.300. The van der Waals surface area contributed by atoms with Crippen molar-refractivity contribution in [2.45, 2.75) is 38.6 Å². The van der Waals surface area contributed by atoms with Gasteiger partial charge in [0.25, 0.3) is 0 Å². The molecule has 1 unspecified atom stereocenters. The first kappa shape index (κ1) is 20.7. The molecule has 0 spiro atoms. The van der Waals surface area contributed by atoms with Crippen LogP contribution in [0.5, 0.6) is 0 Å². The monoisotopic (exact) mass is 406 g/mol. The third-order valence-electron chi connectivity index (χ3n) is 4.03. The number of carbonyl (C=O) groups excluding carboxylic acids is 1. The Morgan fingerprint density at radius 3 is 2.38 bits per heavy atom. The van der Waals surface area contributed by atoms with Crippen LogP contribution in [0.2, 0.25) is 0 Å². The Hall–Kier alpha value is -3.07. The number of benzene rings is 2. The third-order valence-corrected chi connectivity index (χ3v) is 4.03. The van der Waals surface area contributed by atoms with Crippen molar-refractivity contribution in [3.63, 3.8) is 0 Å². The lowest BCUT2D eigenvalue weighted by Gasteiger charge is -2.20. The fourth-order valence-electron chi connectivity index (χ4n) is 2.76. The third kappa shape index (κ3) is 4.68. The van der Waals surface area contributed by atoms with E-state index in [2.05, 4.69) is 10.4 Å². The zero-order valence-electron chi connectivity index (χ0n) is 16.1. The summed E-state index contributed by atoms with van der Waals surface area (Å²) in [7, 11) is 0. The predicted molar refractivity (Wildman–Crippen MR) is 104 cm³/mol. The van der Waals surface area contributed by atoms with Crippen LogP contribution in [0.25, 0.3) is 16.6 Å². The largest absolute Gasteiger partial charge is 0.444 e. The number of anilines is 1. The van der Waals surface area contributed by atoms with E-state index in [1.165, 1.54) is 22.9 Å². The van der Waals surface area contributed by atoms with Crippen LogP contribution >= 0.6 is 0 Å². The number of halogens is 3. The average Bonchev–Trinajstić information content (AvgIpc) is 2.97. The Labute approximate surface area is 165 Å². The van der Waals surface area contributed by atoms with Crippen molar-refractivity contribution in [3.05, 3.63) is 54.1 Å². The van der Waals surface area contributed by atoms with Crippen molar-refractivity contribution in [3.8, 4) is 5.69 Å². The van der Waals surface area contributed by atoms with Gasteiger partial charge in [0.05, 0.1) is 11.2 Å². The molecule has 9 heteroatoms. The number of fused-ring (bicyclic) bond motifs is 1. The van der Waals surface area contributed by atoms with E-state index in [-0.39, 0.29) is 16.9 Å². The van der Waals surface area contributed by atoms with Crippen LogP contribution < -0.4 is 11.1 Å². The molecule has 0 aliphatic carbocycles. The second-order valence-electron chi connectivity index (χ2n) is 7.52. The first-order valence-corrected chi connectivity index (χ1v) is 8.86. The molecule has 3 aromatic rings. The van der Waals surface area contributed by atoms with E-state index in [1.807, 2.05) is 6.07 Å². The maximum absolute atomic E-state index is 13.0. The van der Waals surface area contributed by atoms with Gasteiger partial charge in [0.15, 0.2) is 0 Å². The number of amides is 1. The van der Waals surface area contributed by atoms with Crippen LogP contribution in [0, 0.1) is 0 Å². The van der Waals surface area contributed by atoms with Crippen LogP contribution in [0.3, 0.4) is 0 Å². The van der Waals surface area contributed by atoms with Crippen LogP contribution in [0.15, 0.2) is 48.5 Å². The molecule has 0 saturated heterocycles. The van der Waals surface area contributed by atoms with E-state index in [1.54, 1.807) is 45.0 Å². The van der Waals surface area contributed by atoms with Crippen LogP contribution in [-0.4, -0.2) is 27.7 Å². The van der Waals surface area contributed by atoms with Crippen molar-refractivity contribution in [2.24, 2.45) is 5.73 Å². The minimum atomic E-state index is -4.58. The highest BCUT2D eigenvalue weighted by molar-refractivity contribution is 5.98. The van der Waals surface area contributed by atoms with Crippen molar-refractivity contribution in [1.82, 2.24) is 9.78 Å². The number of hydrogen-bond acceptors (Lipinski definition) is 4. The second kappa shape index (κ2) is 7.40. The maximum Gasteiger partial charge on any atom is 0.413 e. The van der Waals surface area contributed by atoms with E-state index < -0.39 is 23.9 Å². The molecule has 1 aromatic heterocycles. The zero-order chi connectivity index (χ0) is 21.4.